The summed E-state index contributed by atoms with van der Waals surface area (Å²) in [7, 11) is -1.72. The number of piperidine rings is 1. The van der Waals surface area contributed by atoms with Gasteiger partial charge in [-0.1, -0.05) is 0 Å². The summed E-state index contributed by atoms with van der Waals surface area (Å²) in [5.41, 5.74) is 0. The highest BCUT2D eigenvalue weighted by atomic mass is 32.2. The molecule has 0 aromatic carbocycles. The third-order valence-corrected chi connectivity index (χ3v) is 4.09. The molecule has 1 aliphatic rings. The van der Waals surface area contributed by atoms with Crippen molar-refractivity contribution in [3.05, 3.63) is 12.4 Å². The van der Waals surface area contributed by atoms with E-state index in [4.69, 9.17) is 0 Å². The van der Waals surface area contributed by atoms with E-state index in [1.165, 1.54) is 17.1 Å². The summed E-state index contributed by atoms with van der Waals surface area (Å²) in [5, 5.41) is 7.02. The number of nitrogens with one attached hydrogen (secondary N) is 2. The summed E-state index contributed by atoms with van der Waals surface area (Å²) >= 11 is 0. The quantitative estimate of drug-likeness (QED) is 0.748. The molecule has 1 saturated heterocycles. The molecule has 0 aliphatic carbocycles. The molecule has 90 valence electrons. The molecule has 1 unspecified atom stereocenters. The fraction of sp³-hybridized carbons (Fsp3) is 0.667. The van der Waals surface area contributed by atoms with Crippen molar-refractivity contribution in [1.29, 1.82) is 0 Å². The second kappa shape index (κ2) is 4.52. The number of rotatable bonds is 3. The van der Waals surface area contributed by atoms with E-state index in [1.807, 2.05) is 0 Å². The van der Waals surface area contributed by atoms with E-state index < -0.39 is 10.0 Å². The molecule has 6 nitrogen and oxygen atoms in total. The Morgan fingerprint density at radius 2 is 2.44 bits per heavy atom. The van der Waals surface area contributed by atoms with E-state index in [0.717, 1.165) is 19.4 Å². The number of hydrogen-bond acceptors (Lipinski definition) is 4. The van der Waals surface area contributed by atoms with Gasteiger partial charge in [0.05, 0.1) is 6.20 Å². The molecule has 1 atom stereocenters. The van der Waals surface area contributed by atoms with Crippen LogP contribution < -0.4 is 10.0 Å². The molecular weight excluding hydrogens is 228 g/mol. The van der Waals surface area contributed by atoms with Gasteiger partial charge in [-0.3, -0.25) is 4.68 Å². The minimum atomic E-state index is -3.41. The molecule has 0 bridgehead atoms. The molecule has 0 spiro atoms. The van der Waals surface area contributed by atoms with Crippen molar-refractivity contribution in [2.24, 2.45) is 7.05 Å². The van der Waals surface area contributed by atoms with Crippen molar-refractivity contribution in [1.82, 2.24) is 19.8 Å². The van der Waals surface area contributed by atoms with Crippen LogP contribution in [0.15, 0.2) is 17.3 Å². The van der Waals surface area contributed by atoms with Crippen LogP contribution in [0.3, 0.4) is 0 Å². The van der Waals surface area contributed by atoms with Gasteiger partial charge >= 0.3 is 0 Å². The first-order valence-electron chi connectivity index (χ1n) is 5.29. The highest BCUT2D eigenvalue weighted by Crippen LogP contribution is 2.10. The summed E-state index contributed by atoms with van der Waals surface area (Å²) in [6.07, 6.45) is 4.74. The van der Waals surface area contributed by atoms with E-state index in [9.17, 15) is 8.42 Å². The molecule has 2 N–H and O–H groups in total. The Kier molecular flexibility index (Phi) is 3.27. The Balaban J connectivity index is 2.07. The van der Waals surface area contributed by atoms with Crippen molar-refractivity contribution in [3.8, 4) is 0 Å². The Morgan fingerprint density at radius 1 is 1.62 bits per heavy atom. The summed E-state index contributed by atoms with van der Waals surface area (Å²) in [5.74, 6) is 0. The lowest BCUT2D eigenvalue weighted by atomic mass is 10.1. The fourth-order valence-corrected chi connectivity index (χ4v) is 3.03. The van der Waals surface area contributed by atoms with E-state index in [1.54, 1.807) is 7.05 Å². The predicted molar refractivity (Wildman–Crippen MR) is 59.4 cm³/mol. The molecule has 2 heterocycles. The topological polar surface area (TPSA) is 76.0 Å². The van der Waals surface area contributed by atoms with Crippen molar-refractivity contribution >= 4 is 10.0 Å². The monoisotopic (exact) mass is 244 g/mol. The lowest BCUT2D eigenvalue weighted by Gasteiger charge is -2.23. The van der Waals surface area contributed by atoms with E-state index in [0.29, 0.717) is 6.54 Å². The number of aryl methyl sites for hydroxylation is 1. The molecule has 1 fully saturated rings. The fourth-order valence-electron chi connectivity index (χ4n) is 1.78. The number of aromatic nitrogens is 2. The standard InChI is InChI=1S/C9H16N4O2S/c1-13-7-9(6-11-13)16(14,15)12-8-3-2-4-10-5-8/h6-8,10,12H,2-5H2,1H3. The van der Waals surface area contributed by atoms with Crippen LogP contribution in [0.25, 0.3) is 0 Å². The Morgan fingerprint density at radius 3 is 3.00 bits per heavy atom. The molecule has 1 aromatic heterocycles. The molecule has 2 rings (SSSR count). The van der Waals surface area contributed by atoms with Crippen LogP contribution in [-0.2, 0) is 17.1 Å². The molecule has 16 heavy (non-hydrogen) atoms. The zero-order valence-electron chi connectivity index (χ0n) is 9.18. The maximum absolute atomic E-state index is 11.9. The van der Waals surface area contributed by atoms with Crippen LogP contribution in [0.1, 0.15) is 12.8 Å². The minimum absolute atomic E-state index is 0.0149. The minimum Gasteiger partial charge on any atom is -0.315 e. The van der Waals surface area contributed by atoms with Gasteiger partial charge in [-0.15, -0.1) is 0 Å². The van der Waals surface area contributed by atoms with Crippen LogP contribution >= 0.6 is 0 Å². The highest BCUT2D eigenvalue weighted by Gasteiger charge is 2.22. The first kappa shape index (κ1) is 11.6. The maximum Gasteiger partial charge on any atom is 0.243 e. The Bertz CT molecular complexity index is 448. The van der Waals surface area contributed by atoms with Crippen LogP contribution in [0.5, 0.6) is 0 Å². The maximum atomic E-state index is 11.9. The summed E-state index contributed by atoms with van der Waals surface area (Å²) in [6, 6.07) is -0.0149. The van der Waals surface area contributed by atoms with Crippen molar-refractivity contribution in [3.63, 3.8) is 0 Å². The van der Waals surface area contributed by atoms with Crippen LogP contribution in [-0.4, -0.2) is 37.3 Å². The normalized spacial score (nSPS) is 22.2. The van der Waals surface area contributed by atoms with Gasteiger partial charge in [-0.2, -0.15) is 5.10 Å². The van der Waals surface area contributed by atoms with Crippen molar-refractivity contribution in [2.75, 3.05) is 13.1 Å². The summed E-state index contributed by atoms with van der Waals surface area (Å²) in [6.45, 7) is 1.66. The predicted octanol–water partition coefficient (Wildman–Crippen LogP) is -0.550. The van der Waals surface area contributed by atoms with Gasteiger partial charge < -0.3 is 5.32 Å². The van der Waals surface area contributed by atoms with Crippen LogP contribution in [0, 0.1) is 0 Å². The van der Waals surface area contributed by atoms with Crippen molar-refractivity contribution < 1.29 is 8.42 Å². The average Bonchev–Trinajstić information content (AvgIpc) is 2.66. The highest BCUT2D eigenvalue weighted by molar-refractivity contribution is 7.89. The smallest absolute Gasteiger partial charge is 0.243 e. The van der Waals surface area contributed by atoms with Gasteiger partial charge in [-0.25, -0.2) is 13.1 Å². The number of sulfonamides is 1. The number of hydrogen-bond donors (Lipinski definition) is 2. The summed E-state index contributed by atoms with van der Waals surface area (Å²) in [4.78, 5) is 0.223. The van der Waals surface area contributed by atoms with Gasteiger partial charge in [0.2, 0.25) is 10.0 Å². The van der Waals surface area contributed by atoms with Crippen LogP contribution in [0.4, 0.5) is 0 Å². The molecule has 1 aromatic rings. The van der Waals surface area contributed by atoms with Crippen molar-refractivity contribution in [2.45, 2.75) is 23.8 Å². The van der Waals surface area contributed by atoms with E-state index >= 15 is 0 Å². The van der Waals surface area contributed by atoms with Gasteiger partial charge in [0.15, 0.2) is 0 Å². The Hall–Kier alpha value is -0.920. The SMILES string of the molecule is Cn1cc(S(=O)(=O)NC2CCCNC2)cn1. The molecule has 1 aliphatic heterocycles. The average molecular weight is 244 g/mol. The van der Waals surface area contributed by atoms with E-state index in [-0.39, 0.29) is 10.9 Å². The van der Waals surface area contributed by atoms with Gasteiger partial charge in [0, 0.05) is 25.8 Å². The molecule has 0 saturated carbocycles. The molecular formula is C9H16N4O2S. The van der Waals surface area contributed by atoms with E-state index in [2.05, 4.69) is 15.1 Å². The second-order valence-corrected chi connectivity index (χ2v) is 5.73. The zero-order valence-corrected chi connectivity index (χ0v) is 10.00. The third-order valence-electron chi connectivity index (χ3n) is 2.61. The molecule has 0 radical (unpaired) electrons. The Labute approximate surface area is 95.1 Å². The summed E-state index contributed by atoms with van der Waals surface area (Å²) < 4.78 is 28.0. The second-order valence-electron chi connectivity index (χ2n) is 4.01. The third kappa shape index (κ3) is 2.60. The van der Waals surface area contributed by atoms with Gasteiger partial charge in [0.1, 0.15) is 4.90 Å². The lowest BCUT2D eigenvalue weighted by Crippen LogP contribution is -2.45. The van der Waals surface area contributed by atoms with Crippen LogP contribution in [0.2, 0.25) is 0 Å². The van der Waals surface area contributed by atoms with Gasteiger partial charge in [-0.05, 0) is 19.4 Å². The number of nitrogens with zero attached hydrogens (tertiary/aromatic N) is 2. The molecule has 7 heteroatoms. The molecule has 0 amide bonds. The first-order chi connectivity index (χ1) is 7.58. The lowest BCUT2D eigenvalue weighted by molar-refractivity contribution is 0.428. The largest absolute Gasteiger partial charge is 0.315 e. The van der Waals surface area contributed by atoms with Gasteiger partial charge in [0.25, 0.3) is 0 Å². The first-order valence-corrected chi connectivity index (χ1v) is 6.78. The zero-order chi connectivity index (χ0) is 11.6.